The van der Waals surface area contributed by atoms with Crippen LogP contribution in [0.4, 0.5) is 0 Å². The molecule has 0 amide bonds. The van der Waals surface area contributed by atoms with Gasteiger partial charge in [0.05, 0.1) is 12.2 Å². The summed E-state index contributed by atoms with van der Waals surface area (Å²) in [6, 6.07) is 0. The number of methoxy groups -OCH3 is 1. The smallest absolute Gasteiger partial charge is 0.0625 e. The summed E-state index contributed by atoms with van der Waals surface area (Å²) in [7, 11) is 1.94. The number of fused-ring (bicyclic) bond motifs is 5. The summed E-state index contributed by atoms with van der Waals surface area (Å²) in [6.07, 6.45) is 14.3. The lowest BCUT2D eigenvalue weighted by Gasteiger charge is -2.64. The predicted molar refractivity (Wildman–Crippen MR) is 137 cm³/mol. The van der Waals surface area contributed by atoms with Gasteiger partial charge in [0.2, 0.25) is 0 Å². The van der Waals surface area contributed by atoms with Gasteiger partial charge >= 0.3 is 0 Å². The average Bonchev–Trinajstić information content (AvgIpc) is 2.88. The number of rotatable bonds is 1. The van der Waals surface area contributed by atoms with Crippen LogP contribution in [0, 0.1) is 44.8 Å². The lowest BCUT2D eigenvalue weighted by molar-refractivity contribution is -0.178. The first kappa shape index (κ1) is 24.4. The third-order valence-corrected chi connectivity index (χ3v) is 13.0. The second-order valence-corrected chi connectivity index (χ2v) is 15.1. The van der Waals surface area contributed by atoms with Crippen molar-refractivity contribution in [3.63, 3.8) is 0 Å². The van der Waals surface area contributed by atoms with Crippen molar-refractivity contribution in [2.45, 2.75) is 131 Å². The molecule has 1 N–H and O–H groups in total. The maximum absolute atomic E-state index is 10.9. The summed E-state index contributed by atoms with van der Waals surface area (Å²) in [6.45, 7) is 17.7. The number of hydrogen-bond acceptors (Lipinski definition) is 2. The average molecular weight is 457 g/mol. The zero-order valence-corrected chi connectivity index (χ0v) is 23.0. The van der Waals surface area contributed by atoms with Crippen molar-refractivity contribution in [1.29, 1.82) is 0 Å². The Morgan fingerprint density at radius 3 is 2.12 bits per heavy atom. The molecule has 3 fully saturated rings. The van der Waals surface area contributed by atoms with E-state index >= 15 is 0 Å². The van der Waals surface area contributed by atoms with E-state index in [0.717, 1.165) is 18.3 Å². The van der Waals surface area contributed by atoms with Gasteiger partial charge in [0.15, 0.2) is 0 Å². The van der Waals surface area contributed by atoms with Crippen LogP contribution in [0.3, 0.4) is 0 Å². The largest absolute Gasteiger partial charge is 0.393 e. The van der Waals surface area contributed by atoms with E-state index in [0.29, 0.717) is 28.3 Å². The van der Waals surface area contributed by atoms with Gasteiger partial charge in [-0.1, -0.05) is 59.6 Å². The molecule has 5 aliphatic carbocycles. The molecule has 8 atom stereocenters. The third kappa shape index (κ3) is 3.24. The van der Waals surface area contributed by atoms with Crippen molar-refractivity contribution >= 4 is 0 Å². The molecule has 0 aliphatic heterocycles. The van der Waals surface area contributed by atoms with Gasteiger partial charge in [-0.25, -0.2) is 0 Å². The van der Waals surface area contributed by atoms with Crippen molar-refractivity contribution in [3.05, 3.63) is 11.1 Å². The summed E-state index contributed by atoms with van der Waals surface area (Å²) in [5.74, 6) is 2.21. The Bertz CT molecular complexity index is 823. The van der Waals surface area contributed by atoms with E-state index in [1.807, 2.05) is 18.3 Å². The number of allylic oxidation sites excluding steroid dienone is 2. The summed E-state index contributed by atoms with van der Waals surface area (Å²) in [4.78, 5) is 0. The number of aliphatic hydroxyl groups excluding tert-OH is 1. The van der Waals surface area contributed by atoms with E-state index in [-0.39, 0.29) is 16.9 Å². The molecule has 2 heteroatoms. The molecule has 5 aliphatic rings. The van der Waals surface area contributed by atoms with E-state index in [1.165, 1.54) is 64.2 Å². The molecule has 0 heterocycles. The summed E-state index contributed by atoms with van der Waals surface area (Å²) < 4.78 is 6.04. The second kappa shape index (κ2) is 7.58. The van der Waals surface area contributed by atoms with Crippen molar-refractivity contribution in [1.82, 2.24) is 0 Å². The maximum atomic E-state index is 10.9. The van der Waals surface area contributed by atoms with Crippen molar-refractivity contribution in [2.24, 2.45) is 44.8 Å². The normalized spacial score (nSPS) is 51.0. The van der Waals surface area contributed by atoms with Gasteiger partial charge in [0.1, 0.15) is 0 Å². The summed E-state index contributed by atoms with van der Waals surface area (Å²) >= 11 is 0. The van der Waals surface area contributed by atoms with Crippen LogP contribution in [0.1, 0.15) is 119 Å². The van der Waals surface area contributed by atoms with E-state index < -0.39 is 0 Å². The first-order valence-corrected chi connectivity index (χ1v) is 14.2. The van der Waals surface area contributed by atoms with Crippen molar-refractivity contribution in [3.8, 4) is 0 Å². The zero-order valence-electron chi connectivity index (χ0n) is 23.0. The van der Waals surface area contributed by atoms with Crippen LogP contribution >= 0.6 is 0 Å². The van der Waals surface area contributed by atoms with Crippen LogP contribution in [0.2, 0.25) is 0 Å². The highest BCUT2D eigenvalue weighted by Crippen LogP contribution is 2.70. The van der Waals surface area contributed by atoms with Crippen molar-refractivity contribution in [2.75, 3.05) is 7.11 Å². The minimum atomic E-state index is -0.138. The molecule has 0 radical (unpaired) electrons. The van der Waals surface area contributed by atoms with Crippen LogP contribution in [0.15, 0.2) is 11.1 Å². The quantitative estimate of drug-likeness (QED) is 0.406. The van der Waals surface area contributed by atoms with Gasteiger partial charge in [0.25, 0.3) is 0 Å². The molecule has 0 aromatic rings. The molecule has 188 valence electrons. The van der Waals surface area contributed by atoms with Gasteiger partial charge < -0.3 is 9.84 Å². The van der Waals surface area contributed by atoms with Crippen LogP contribution in [-0.2, 0) is 4.74 Å². The Morgan fingerprint density at radius 2 is 1.42 bits per heavy atom. The van der Waals surface area contributed by atoms with Gasteiger partial charge in [-0.15, -0.1) is 0 Å². The molecule has 0 spiro atoms. The molecule has 0 unspecified atom stereocenters. The predicted octanol–water partition coefficient (Wildman–Crippen LogP) is 7.94. The molecule has 2 nitrogen and oxygen atoms in total. The number of aliphatic hydroxyl groups is 1. The number of hydrogen-bond donors (Lipinski definition) is 1. The zero-order chi connectivity index (χ0) is 24.0. The first-order valence-electron chi connectivity index (χ1n) is 14.2. The van der Waals surface area contributed by atoms with Crippen LogP contribution in [0.25, 0.3) is 0 Å². The highest BCUT2D eigenvalue weighted by atomic mass is 16.5. The fourth-order valence-corrected chi connectivity index (χ4v) is 11.3. The summed E-state index contributed by atoms with van der Waals surface area (Å²) in [5, 5.41) is 10.9. The van der Waals surface area contributed by atoms with Crippen LogP contribution in [-0.4, -0.2) is 24.4 Å². The summed E-state index contributed by atoms with van der Waals surface area (Å²) in [5.41, 5.74) is 5.18. The SMILES string of the molecule is CO[C@H]1CC[C@@]2(C)[C@@H](CC[C@@]3(C)CC4=C(CC[C@@H]32)[C@@]2(C)CC[C@@H](O)C(C)(C)[C@@H]2CC4)C1(C)C. The van der Waals surface area contributed by atoms with Crippen LogP contribution < -0.4 is 0 Å². The number of ether oxygens (including phenoxy) is 1. The van der Waals surface area contributed by atoms with Gasteiger partial charge in [-0.3, -0.25) is 0 Å². The Balaban J connectivity index is 1.49. The highest BCUT2D eigenvalue weighted by Gasteiger charge is 2.62. The molecule has 5 rings (SSSR count). The van der Waals surface area contributed by atoms with E-state index in [9.17, 15) is 5.11 Å². The molecular weight excluding hydrogens is 404 g/mol. The molecule has 3 saturated carbocycles. The fraction of sp³-hybridized carbons (Fsp3) is 0.935. The van der Waals surface area contributed by atoms with E-state index in [4.69, 9.17) is 4.74 Å². The fourth-order valence-electron chi connectivity index (χ4n) is 11.3. The molecule has 0 aromatic carbocycles. The van der Waals surface area contributed by atoms with E-state index in [1.54, 1.807) is 0 Å². The highest BCUT2D eigenvalue weighted by molar-refractivity contribution is 5.32. The monoisotopic (exact) mass is 456 g/mol. The maximum Gasteiger partial charge on any atom is 0.0625 e. The van der Waals surface area contributed by atoms with Gasteiger partial charge in [-0.05, 0) is 115 Å². The lowest BCUT2D eigenvalue weighted by atomic mass is 9.42. The van der Waals surface area contributed by atoms with E-state index in [2.05, 4.69) is 48.5 Å². The lowest BCUT2D eigenvalue weighted by Crippen LogP contribution is -2.58. The van der Waals surface area contributed by atoms with Crippen molar-refractivity contribution < 1.29 is 9.84 Å². The Kier molecular flexibility index (Phi) is 5.60. The molecule has 0 saturated heterocycles. The Labute approximate surface area is 204 Å². The first-order chi connectivity index (χ1) is 15.3. The second-order valence-electron chi connectivity index (χ2n) is 15.1. The third-order valence-electron chi connectivity index (χ3n) is 13.0. The molecule has 0 aromatic heterocycles. The topological polar surface area (TPSA) is 29.5 Å². The minimum Gasteiger partial charge on any atom is -0.393 e. The Morgan fingerprint density at radius 1 is 0.727 bits per heavy atom. The van der Waals surface area contributed by atoms with Gasteiger partial charge in [-0.2, -0.15) is 0 Å². The van der Waals surface area contributed by atoms with Crippen LogP contribution in [0.5, 0.6) is 0 Å². The Hall–Kier alpha value is -0.340. The standard InChI is InChI=1S/C31H52O2/c1-27(2)22-11-9-20-19-29(5)16-13-23-28(3,4)26(33-8)15-18-31(23,7)24(29)12-10-21(20)30(22,6)17-14-25(27)32/h22-26,32H,9-19H2,1-8H3/t22-,23-,24-,25+,26-,29-,30+,31-/m0/s1. The van der Waals surface area contributed by atoms with Gasteiger partial charge in [0, 0.05) is 7.11 Å². The molecular formula is C31H52O2. The molecule has 33 heavy (non-hydrogen) atoms. The molecule has 0 bridgehead atoms. The minimum absolute atomic E-state index is 0.0358.